The third-order valence-electron chi connectivity index (χ3n) is 6.24. The molecule has 4 saturated heterocycles. The fourth-order valence-electron chi connectivity index (χ4n) is 4.30. The Balaban J connectivity index is 1.48. The molecule has 8 nitrogen and oxygen atoms in total. The molecule has 4 heterocycles. The van der Waals surface area contributed by atoms with E-state index in [4.69, 9.17) is 4.74 Å². The maximum atomic E-state index is 12.9. The highest BCUT2D eigenvalue weighted by molar-refractivity contribution is 7.89. The molecule has 0 unspecified atom stereocenters. The van der Waals surface area contributed by atoms with E-state index >= 15 is 0 Å². The van der Waals surface area contributed by atoms with Crippen LogP contribution in [-0.2, 0) is 19.6 Å². The summed E-state index contributed by atoms with van der Waals surface area (Å²) < 4.78 is 33.3. The number of carbonyl (C=O) groups is 1. The number of fused-ring (bicyclic) bond motifs is 3. The number of quaternary nitrogens is 1. The topological polar surface area (TPSA) is 79.0 Å². The second kappa shape index (κ2) is 7.72. The van der Waals surface area contributed by atoms with Crippen LogP contribution < -0.4 is 5.32 Å². The van der Waals surface area contributed by atoms with Crippen LogP contribution in [0, 0.1) is 6.92 Å². The molecule has 0 aliphatic carbocycles. The molecule has 4 aliphatic heterocycles. The van der Waals surface area contributed by atoms with Crippen molar-refractivity contribution in [1.82, 2.24) is 9.21 Å². The predicted molar refractivity (Wildman–Crippen MR) is 106 cm³/mol. The van der Waals surface area contributed by atoms with Crippen molar-refractivity contribution >= 4 is 21.6 Å². The number of aryl methyl sites for hydroxylation is 1. The molecule has 5 rings (SSSR count). The lowest BCUT2D eigenvalue weighted by atomic mass is 10.1. The Morgan fingerprint density at radius 3 is 2.39 bits per heavy atom. The Hall–Kier alpha value is -1.52. The molecule has 28 heavy (non-hydrogen) atoms. The largest absolute Gasteiger partial charge is 0.379 e. The monoisotopic (exact) mass is 409 g/mol. The van der Waals surface area contributed by atoms with Gasteiger partial charge in [0, 0.05) is 38.4 Å². The first-order chi connectivity index (χ1) is 13.4. The van der Waals surface area contributed by atoms with Gasteiger partial charge in [0.05, 0.1) is 37.7 Å². The number of nitrogens with one attached hydrogen (secondary N) is 1. The van der Waals surface area contributed by atoms with Gasteiger partial charge in [-0.25, -0.2) is 8.42 Å². The SMILES string of the molecule is Cc1ccc(S(=O)(=O)N2CCOCC2)cc1NC(=O)C[N+]12CCN(CC1)CC2. The van der Waals surface area contributed by atoms with Crippen molar-refractivity contribution in [2.75, 3.05) is 77.4 Å². The van der Waals surface area contributed by atoms with E-state index in [9.17, 15) is 13.2 Å². The van der Waals surface area contributed by atoms with Crippen molar-refractivity contribution in [3.8, 4) is 0 Å². The zero-order chi connectivity index (χ0) is 19.8. The molecule has 0 aromatic heterocycles. The molecule has 0 atom stereocenters. The normalized spacial score (nSPS) is 28.2. The molecule has 0 radical (unpaired) electrons. The lowest BCUT2D eigenvalue weighted by molar-refractivity contribution is -0.933. The lowest BCUT2D eigenvalue weighted by Gasteiger charge is -2.50. The van der Waals surface area contributed by atoms with E-state index in [1.807, 2.05) is 6.92 Å². The van der Waals surface area contributed by atoms with Gasteiger partial charge in [-0.3, -0.25) is 9.69 Å². The minimum Gasteiger partial charge on any atom is -0.379 e. The van der Waals surface area contributed by atoms with Crippen LogP contribution in [-0.4, -0.2) is 100 Å². The van der Waals surface area contributed by atoms with Crippen molar-refractivity contribution in [3.05, 3.63) is 23.8 Å². The summed E-state index contributed by atoms with van der Waals surface area (Å²) in [6, 6.07) is 4.96. The number of sulfonamides is 1. The second-order valence-electron chi connectivity index (χ2n) is 8.05. The minimum atomic E-state index is -3.58. The van der Waals surface area contributed by atoms with Gasteiger partial charge in [0.15, 0.2) is 6.54 Å². The average molecular weight is 410 g/mol. The molecule has 1 N–H and O–H groups in total. The lowest BCUT2D eigenvalue weighted by Crippen LogP contribution is -2.68. The minimum absolute atomic E-state index is 0.0422. The zero-order valence-corrected chi connectivity index (χ0v) is 17.2. The van der Waals surface area contributed by atoms with Crippen LogP contribution >= 0.6 is 0 Å². The van der Waals surface area contributed by atoms with Crippen LogP contribution in [0.4, 0.5) is 5.69 Å². The zero-order valence-electron chi connectivity index (χ0n) is 16.4. The Kier molecular flexibility index (Phi) is 5.45. The summed E-state index contributed by atoms with van der Waals surface area (Å²) in [6.07, 6.45) is 0. The summed E-state index contributed by atoms with van der Waals surface area (Å²) in [7, 11) is -3.58. The summed E-state index contributed by atoms with van der Waals surface area (Å²) in [6.45, 7) is 10.1. The number of piperazine rings is 3. The third-order valence-corrected chi connectivity index (χ3v) is 8.14. The number of nitrogens with zero attached hydrogens (tertiary/aromatic N) is 3. The Morgan fingerprint density at radius 1 is 1.11 bits per heavy atom. The van der Waals surface area contributed by atoms with Gasteiger partial charge < -0.3 is 14.5 Å². The molecular weight excluding hydrogens is 380 g/mol. The number of morpholine rings is 1. The average Bonchev–Trinajstić information content (AvgIpc) is 2.71. The van der Waals surface area contributed by atoms with E-state index in [1.165, 1.54) is 4.31 Å². The number of carbonyl (C=O) groups excluding carboxylic acids is 1. The van der Waals surface area contributed by atoms with Gasteiger partial charge in [-0.1, -0.05) is 6.07 Å². The van der Waals surface area contributed by atoms with Gasteiger partial charge >= 0.3 is 0 Å². The van der Waals surface area contributed by atoms with E-state index < -0.39 is 10.0 Å². The van der Waals surface area contributed by atoms with Crippen LogP contribution in [0.2, 0.25) is 0 Å². The second-order valence-corrected chi connectivity index (χ2v) is 9.99. The third kappa shape index (κ3) is 3.95. The van der Waals surface area contributed by atoms with E-state index in [2.05, 4.69) is 10.2 Å². The molecule has 1 aromatic rings. The van der Waals surface area contributed by atoms with Gasteiger partial charge in [0.1, 0.15) is 0 Å². The molecule has 4 fully saturated rings. The first-order valence-corrected chi connectivity index (χ1v) is 11.4. The summed E-state index contributed by atoms with van der Waals surface area (Å²) in [4.78, 5) is 15.4. The summed E-state index contributed by atoms with van der Waals surface area (Å²) in [5.74, 6) is -0.0422. The van der Waals surface area contributed by atoms with Gasteiger partial charge in [0.25, 0.3) is 5.91 Å². The smallest absolute Gasteiger partial charge is 0.279 e. The number of benzene rings is 1. The Morgan fingerprint density at radius 2 is 1.75 bits per heavy atom. The van der Waals surface area contributed by atoms with Crippen molar-refractivity contribution in [2.24, 2.45) is 0 Å². The molecule has 0 saturated carbocycles. The number of rotatable bonds is 5. The molecule has 2 bridgehead atoms. The maximum absolute atomic E-state index is 12.9. The number of anilines is 1. The predicted octanol–water partition coefficient (Wildman–Crippen LogP) is 0.100. The number of hydrogen-bond acceptors (Lipinski definition) is 5. The number of hydrogen-bond donors (Lipinski definition) is 1. The van der Waals surface area contributed by atoms with Crippen LogP contribution in [0.5, 0.6) is 0 Å². The highest BCUT2D eigenvalue weighted by Gasteiger charge is 2.39. The van der Waals surface area contributed by atoms with Crippen LogP contribution in [0.3, 0.4) is 0 Å². The quantitative estimate of drug-likeness (QED) is 0.698. The van der Waals surface area contributed by atoms with E-state index in [-0.39, 0.29) is 10.8 Å². The number of ether oxygens (including phenoxy) is 1. The van der Waals surface area contributed by atoms with Crippen molar-refractivity contribution in [2.45, 2.75) is 11.8 Å². The van der Waals surface area contributed by atoms with Gasteiger partial charge in [-0.05, 0) is 24.6 Å². The molecular formula is C19H29N4O4S+. The van der Waals surface area contributed by atoms with Crippen molar-refractivity contribution in [3.63, 3.8) is 0 Å². The van der Waals surface area contributed by atoms with Gasteiger partial charge in [-0.2, -0.15) is 4.31 Å². The Labute approximate surface area is 166 Å². The summed E-state index contributed by atoms with van der Waals surface area (Å²) >= 11 is 0. The number of amides is 1. The molecule has 0 spiro atoms. The van der Waals surface area contributed by atoms with E-state index in [1.54, 1.807) is 18.2 Å². The first-order valence-electron chi connectivity index (χ1n) is 9.94. The maximum Gasteiger partial charge on any atom is 0.279 e. The van der Waals surface area contributed by atoms with Crippen LogP contribution in [0.1, 0.15) is 5.56 Å². The van der Waals surface area contributed by atoms with E-state index in [0.29, 0.717) is 38.5 Å². The summed E-state index contributed by atoms with van der Waals surface area (Å²) in [5, 5.41) is 2.97. The van der Waals surface area contributed by atoms with Gasteiger partial charge in [-0.15, -0.1) is 0 Å². The summed E-state index contributed by atoms with van der Waals surface area (Å²) in [5.41, 5.74) is 1.44. The van der Waals surface area contributed by atoms with Crippen molar-refractivity contribution in [1.29, 1.82) is 0 Å². The van der Waals surface area contributed by atoms with Gasteiger partial charge in [0.2, 0.25) is 10.0 Å². The highest BCUT2D eigenvalue weighted by Crippen LogP contribution is 2.25. The molecule has 154 valence electrons. The Bertz CT molecular complexity index is 830. The fraction of sp³-hybridized carbons (Fsp3) is 0.632. The molecule has 4 aliphatic rings. The fourth-order valence-corrected chi connectivity index (χ4v) is 5.73. The first kappa shape index (κ1) is 19.8. The molecule has 9 heteroatoms. The molecule has 1 aromatic carbocycles. The molecule has 1 amide bonds. The standard InChI is InChI=1S/C19H28N4O4S/c1-16-2-3-17(28(25,26)22-7-12-27-13-8-22)14-18(16)20-19(24)15-23-9-4-21(5-10-23)6-11-23/h2-3,14H,4-13,15H2,1H3/p+1. The van der Waals surface area contributed by atoms with Crippen LogP contribution in [0.25, 0.3) is 0 Å². The highest BCUT2D eigenvalue weighted by atomic mass is 32.2. The van der Waals surface area contributed by atoms with Crippen molar-refractivity contribution < 1.29 is 22.4 Å². The van der Waals surface area contributed by atoms with E-state index in [0.717, 1.165) is 49.3 Å². The van der Waals surface area contributed by atoms with Crippen LogP contribution in [0.15, 0.2) is 23.1 Å².